The van der Waals surface area contributed by atoms with E-state index >= 15 is 0 Å². The third-order valence-corrected chi connectivity index (χ3v) is 1.97. The smallest absolute Gasteiger partial charge is 0.189 e. The Hall–Kier alpha value is -0.890. The highest BCUT2D eigenvalue weighted by molar-refractivity contribution is 14.0. The number of pyridine rings is 1. The normalized spacial score (nSPS) is 12.7. The van der Waals surface area contributed by atoms with Crippen LogP contribution in [0.2, 0.25) is 0 Å². The number of hydrogen-bond donors (Lipinski definition) is 2. The van der Waals surface area contributed by atoms with Crippen molar-refractivity contribution in [2.24, 2.45) is 10.7 Å². The Kier molecular flexibility index (Phi) is 8.69. The predicted molar refractivity (Wildman–Crippen MR) is 79.5 cm³/mol. The molecule has 0 aromatic carbocycles. The van der Waals surface area contributed by atoms with Crippen LogP contribution >= 0.6 is 24.0 Å². The van der Waals surface area contributed by atoms with E-state index in [2.05, 4.69) is 15.3 Å². The van der Waals surface area contributed by atoms with Crippen LogP contribution in [0.25, 0.3) is 0 Å². The topological polar surface area (TPSA) is 72.5 Å². The molecule has 0 amide bonds. The molecule has 0 saturated carbocycles. The average molecular weight is 350 g/mol. The molecule has 0 fully saturated rings. The number of halogens is 1. The molecule has 1 atom stereocenters. The maximum absolute atomic E-state index is 5.72. The van der Waals surface area contributed by atoms with Crippen LogP contribution in [0.4, 0.5) is 0 Å². The molecule has 0 aliphatic rings. The fraction of sp³-hybridized carbons (Fsp3) is 0.455. The van der Waals surface area contributed by atoms with Gasteiger partial charge in [0, 0.05) is 25.5 Å². The van der Waals surface area contributed by atoms with Crippen LogP contribution in [-0.2, 0) is 11.3 Å². The van der Waals surface area contributed by atoms with Gasteiger partial charge in [-0.25, -0.2) is 4.99 Å². The molecule has 1 rings (SSSR count). The SMILES string of the molecule is COCC(C)NC(N)=NCc1cccnc1.I. The number of methoxy groups -OCH3 is 1. The van der Waals surface area contributed by atoms with Gasteiger partial charge in [-0.2, -0.15) is 0 Å². The maximum Gasteiger partial charge on any atom is 0.189 e. The molecule has 1 unspecified atom stereocenters. The Labute approximate surface area is 119 Å². The molecule has 96 valence electrons. The average Bonchev–Trinajstić information content (AvgIpc) is 2.28. The highest BCUT2D eigenvalue weighted by Crippen LogP contribution is 1.97. The zero-order valence-corrected chi connectivity index (χ0v) is 12.4. The van der Waals surface area contributed by atoms with E-state index in [4.69, 9.17) is 10.5 Å². The van der Waals surface area contributed by atoms with Gasteiger partial charge in [-0.05, 0) is 18.6 Å². The van der Waals surface area contributed by atoms with Crippen LogP contribution in [0.15, 0.2) is 29.5 Å². The Bertz CT molecular complexity index is 332. The predicted octanol–water partition coefficient (Wildman–Crippen LogP) is 1.14. The molecular weight excluding hydrogens is 331 g/mol. The molecule has 0 spiro atoms. The van der Waals surface area contributed by atoms with E-state index in [-0.39, 0.29) is 30.0 Å². The van der Waals surface area contributed by atoms with E-state index in [0.717, 1.165) is 5.56 Å². The van der Waals surface area contributed by atoms with Gasteiger partial charge in [0.15, 0.2) is 5.96 Å². The molecule has 1 heterocycles. The summed E-state index contributed by atoms with van der Waals surface area (Å²) in [5, 5.41) is 3.03. The Morgan fingerprint density at radius 2 is 2.41 bits per heavy atom. The lowest BCUT2D eigenvalue weighted by molar-refractivity contribution is 0.179. The highest BCUT2D eigenvalue weighted by atomic mass is 127. The van der Waals surface area contributed by atoms with Crippen LogP contribution in [0.3, 0.4) is 0 Å². The van der Waals surface area contributed by atoms with Crippen molar-refractivity contribution < 1.29 is 4.74 Å². The molecule has 0 aliphatic carbocycles. The minimum absolute atomic E-state index is 0. The summed E-state index contributed by atoms with van der Waals surface area (Å²) in [5.74, 6) is 0.424. The number of guanidine groups is 1. The molecule has 1 aromatic heterocycles. The Morgan fingerprint density at radius 1 is 1.65 bits per heavy atom. The Balaban J connectivity index is 0.00000256. The van der Waals surface area contributed by atoms with Crippen LogP contribution < -0.4 is 11.1 Å². The van der Waals surface area contributed by atoms with Gasteiger partial charge in [0.05, 0.1) is 13.2 Å². The van der Waals surface area contributed by atoms with Crippen molar-refractivity contribution in [1.82, 2.24) is 10.3 Å². The van der Waals surface area contributed by atoms with E-state index in [0.29, 0.717) is 19.1 Å². The summed E-state index contributed by atoms with van der Waals surface area (Å²) in [6.07, 6.45) is 3.50. The van der Waals surface area contributed by atoms with E-state index in [1.165, 1.54) is 0 Å². The molecule has 3 N–H and O–H groups in total. The number of rotatable bonds is 5. The van der Waals surface area contributed by atoms with Gasteiger partial charge in [0.25, 0.3) is 0 Å². The van der Waals surface area contributed by atoms with Crippen molar-refractivity contribution in [1.29, 1.82) is 0 Å². The summed E-state index contributed by atoms with van der Waals surface area (Å²) < 4.78 is 4.98. The fourth-order valence-electron chi connectivity index (χ4n) is 1.26. The molecule has 0 bridgehead atoms. The summed E-state index contributed by atoms with van der Waals surface area (Å²) in [6.45, 7) is 3.12. The van der Waals surface area contributed by atoms with Gasteiger partial charge in [0.2, 0.25) is 0 Å². The number of aliphatic imine (C=N–C) groups is 1. The second-order valence-electron chi connectivity index (χ2n) is 3.56. The number of aromatic nitrogens is 1. The number of hydrogen-bond acceptors (Lipinski definition) is 3. The maximum atomic E-state index is 5.72. The van der Waals surface area contributed by atoms with Crippen LogP contribution in [0, 0.1) is 0 Å². The van der Waals surface area contributed by atoms with Gasteiger partial charge >= 0.3 is 0 Å². The molecular formula is C11H19IN4O. The molecule has 6 heteroatoms. The van der Waals surface area contributed by atoms with Gasteiger partial charge < -0.3 is 15.8 Å². The van der Waals surface area contributed by atoms with Crippen LogP contribution in [0.5, 0.6) is 0 Å². The molecule has 0 aliphatic heterocycles. The van der Waals surface area contributed by atoms with Crippen LogP contribution in [0.1, 0.15) is 12.5 Å². The van der Waals surface area contributed by atoms with Crippen molar-refractivity contribution in [3.8, 4) is 0 Å². The first-order chi connectivity index (χ1) is 7.72. The first kappa shape index (κ1) is 16.1. The number of nitrogens with one attached hydrogen (secondary N) is 1. The largest absolute Gasteiger partial charge is 0.383 e. The molecule has 17 heavy (non-hydrogen) atoms. The highest BCUT2D eigenvalue weighted by Gasteiger charge is 2.01. The Morgan fingerprint density at radius 3 is 3.00 bits per heavy atom. The molecule has 1 aromatic rings. The van der Waals surface area contributed by atoms with E-state index in [9.17, 15) is 0 Å². The standard InChI is InChI=1S/C11H18N4O.HI/c1-9(8-16-2)15-11(12)14-7-10-4-3-5-13-6-10;/h3-6,9H,7-8H2,1-2H3,(H3,12,14,15);1H. The van der Waals surface area contributed by atoms with E-state index in [1.54, 1.807) is 19.5 Å². The number of nitrogens with zero attached hydrogens (tertiary/aromatic N) is 2. The minimum Gasteiger partial charge on any atom is -0.383 e. The molecule has 5 nitrogen and oxygen atoms in total. The van der Waals surface area contributed by atoms with Crippen molar-refractivity contribution in [2.75, 3.05) is 13.7 Å². The molecule has 0 radical (unpaired) electrons. The second kappa shape index (κ2) is 9.17. The van der Waals surface area contributed by atoms with Crippen molar-refractivity contribution in [2.45, 2.75) is 19.5 Å². The van der Waals surface area contributed by atoms with E-state index in [1.807, 2.05) is 19.1 Å². The summed E-state index contributed by atoms with van der Waals surface area (Å²) in [7, 11) is 1.65. The monoisotopic (exact) mass is 350 g/mol. The quantitative estimate of drug-likeness (QED) is 0.475. The lowest BCUT2D eigenvalue weighted by Crippen LogP contribution is -2.40. The summed E-state index contributed by atoms with van der Waals surface area (Å²) >= 11 is 0. The number of ether oxygens (including phenoxy) is 1. The third kappa shape index (κ3) is 7.11. The zero-order chi connectivity index (χ0) is 11.8. The fourth-order valence-corrected chi connectivity index (χ4v) is 1.26. The van der Waals surface area contributed by atoms with Gasteiger partial charge in [0.1, 0.15) is 0 Å². The first-order valence-electron chi connectivity index (χ1n) is 5.16. The van der Waals surface area contributed by atoms with E-state index < -0.39 is 0 Å². The second-order valence-corrected chi connectivity index (χ2v) is 3.56. The van der Waals surface area contributed by atoms with Gasteiger partial charge in [-0.3, -0.25) is 4.98 Å². The van der Waals surface area contributed by atoms with Crippen molar-refractivity contribution in [3.05, 3.63) is 30.1 Å². The van der Waals surface area contributed by atoms with Crippen molar-refractivity contribution in [3.63, 3.8) is 0 Å². The lowest BCUT2D eigenvalue weighted by Gasteiger charge is -2.12. The lowest BCUT2D eigenvalue weighted by atomic mass is 10.3. The minimum atomic E-state index is 0. The zero-order valence-electron chi connectivity index (χ0n) is 10.1. The summed E-state index contributed by atoms with van der Waals surface area (Å²) in [6, 6.07) is 3.99. The van der Waals surface area contributed by atoms with Crippen molar-refractivity contribution >= 4 is 29.9 Å². The van der Waals surface area contributed by atoms with Gasteiger partial charge in [-0.15, -0.1) is 24.0 Å². The first-order valence-corrected chi connectivity index (χ1v) is 5.16. The summed E-state index contributed by atoms with van der Waals surface area (Å²) in [5.41, 5.74) is 6.75. The molecule has 0 saturated heterocycles. The number of nitrogens with two attached hydrogens (primary N) is 1. The van der Waals surface area contributed by atoms with Gasteiger partial charge in [-0.1, -0.05) is 6.07 Å². The summed E-state index contributed by atoms with van der Waals surface area (Å²) in [4.78, 5) is 8.21. The third-order valence-electron chi connectivity index (χ3n) is 1.97. The van der Waals surface area contributed by atoms with Crippen LogP contribution in [-0.4, -0.2) is 30.7 Å².